The third kappa shape index (κ3) is 8.82. The summed E-state index contributed by atoms with van der Waals surface area (Å²) in [6.07, 6.45) is 0. The van der Waals surface area contributed by atoms with Gasteiger partial charge in [0.2, 0.25) is 0 Å². The van der Waals surface area contributed by atoms with Crippen molar-refractivity contribution in [3.63, 3.8) is 0 Å². The van der Waals surface area contributed by atoms with Crippen LogP contribution in [0.1, 0.15) is 0 Å². The zero-order valence-corrected chi connectivity index (χ0v) is 9.72. The van der Waals surface area contributed by atoms with Crippen LogP contribution in [0.5, 0.6) is 0 Å². The van der Waals surface area contributed by atoms with Crippen molar-refractivity contribution in [3.05, 3.63) is 0 Å². The first kappa shape index (κ1) is 9.73. The van der Waals surface area contributed by atoms with Gasteiger partial charge in [0.25, 0.3) is 0 Å². The zero-order valence-electron chi connectivity index (χ0n) is 1.44. The van der Waals surface area contributed by atoms with Gasteiger partial charge in [0.1, 0.15) is 0 Å². The van der Waals surface area contributed by atoms with Crippen LogP contribution < -0.4 is 0 Å². The molecule has 0 aliphatic carbocycles. The van der Waals surface area contributed by atoms with E-state index >= 15 is 0 Å². The average Bonchev–Trinajstić information content (AvgIpc) is 0.918. The third-order valence-corrected chi connectivity index (χ3v) is 0. The van der Waals surface area contributed by atoms with Gasteiger partial charge in [-0.2, -0.15) is 0 Å². The van der Waals surface area contributed by atoms with Crippen molar-refractivity contribution in [1.29, 1.82) is 0 Å². The fraction of sp³-hybridized carbons (Fsp3) is 0. The Morgan fingerprint density at radius 3 is 1.75 bits per heavy atom. The van der Waals surface area contributed by atoms with Crippen LogP contribution >= 0.6 is 0 Å². The quantitative estimate of drug-likeness (QED) is 0.382. The van der Waals surface area contributed by atoms with Gasteiger partial charge in [0.15, 0.2) is 0 Å². The molecular weight excluding hydrogens is 538 g/mol. The molecule has 0 bridgehead atoms. The molecule has 0 saturated carbocycles. The van der Waals surface area contributed by atoms with Crippen molar-refractivity contribution in [2.24, 2.45) is 0 Å². The summed E-state index contributed by atoms with van der Waals surface area (Å²) in [5.41, 5.74) is 0. The Bertz CT molecular complexity index is 8.00. The van der Waals surface area contributed by atoms with Gasteiger partial charge >= 0.3 is 45.4 Å². The molecule has 4 heteroatoms. The van der Waals surface area contributed by atoms with E-state index < -0.39 is 0 Å². The first-order valence-corrected chi connectivity index (χ1v) is 7.94. The first-order chi connectivity index (χ1) is 1.41. The number of hydrogen-bond acceptors (Lipinski definition) is 0. The zero-order chi connectivity index (χ0) is 2.71. The van der Waals surface area contributed by atoms with Gasteiger partial charge in [-0.15, -0.1) is 0 Å². The molecule has 0 rings (SSSR count). The van der Waals surface area contributed by atoms with Crippen LogP contribution in [-0.4, -0.2) is 0 Å². The van der Waals surface area contributed by atoms with Gasteiger partial charge in [-0.3, -0.25) is 0 Å². The van der Waals surface area contributed by atoms with Crippen molar-refractivity contribution in [2.45, 2.75) is 0 Å². The molecule has 0 aromatic heterocycles. The minimum atomic E-state index is 0. The standard InChI is InChI=1S/Cu.Ir.Ru.Ta. The molecule has 0 heterocycles. The Morgan fingerprint density at radius 1 is 1.75 bits per heavy atom. The third-order valence-electron chi connectivity index (χ3n) is 0. The van der Waals surface area contributed by atoms with Gasteiger partial charge in [0, 0.05) is 19.5 Å². The maximum atomic E-state index is 2.08. The molecule has 0 unspecified atom stereocenters. The van der Waals surface area contributed by atoms with E-state index in [0.717, 1.165) is 0 Å². The molecule has 0 amide bonds. The van der Waals surface area contributed by atoms with Gasteiger partial charge in [-0.1, -0.05) is 0 Å². The predicted octanol–water partition coefficient (Wildman–Crippen LogP) is -0.0100. The molecule has 0 nitrogen and oxygen atoms in total. The molecule has 0 fully saturated rings. The van der Waals surface area contributed by atoms with Crippen LogP contribution in [0.15, 0.2) is 0 Å². The summed E-state index contributed by atoms with van der Waals surface area (Å²) in [5, 5.41) is 0. The second-order valence-corrected chi connectivity index (χ2v) is 12.4. The normalized spacial score (nSPS) is 5.50. The molecule has 4 heavy (non-hydrogen) atoms. The topological polar surface area (TPSA) is 0 Å². The van der Waals surface area contributed by atoms with E-state index in [2.05, 4.69) is 16.9 Å². The van der Waals surface area contributed by atoms with Crippen molar-refractivity contribution in [3.8, 4) is 0 Å². The van der Waals surface area contributed by atoms with E-state index in [4.69, 9.17) is 0 Å². The van der Waals surface area contributed by atoms with Crippen LogP contribution in [0.25, 0.3) is 0 Å². The molecule has 0 spiro atoms. The van der Waals surface area contributed by atoms with Crippen molar-refractivity contribution >= 4 is 0 Å². The van der Waals surface area contributed by atoms with Crippen LogP contribution in [0.2, 0.25) is 0 Å². The Hall–Kier alpha value is 2.53. The first-order valence-electron chi connectivity index (χ1n) is 0.235. The van der Waals surface area contributed by atoms with Crippen LogP contribution in [0.3, 0.4) is 0 Å². The van der Waals surface area contributed by atoms with E-state index in [1.165, 1.54) is 18.9 Å². The predicted molar refractivity (Wildman–Crippen MR) is 0 cm³/mol. The summed E-state index contributed by atoms with van der Waals surface area (Å²) in [6.45, 7) is 0. The number of hydrogen-bond donors (Lipinski definition) is 0. The van der Waals surface area contributed by atoms with Gasteiger partial charge in [-0.05, 0) is 0 Å². The van der Waals surface area contributed by atoms with E-state index in [9.17, 15) is 0 Å². The van der Waals surface area contributed by atoms with E-state index in [-0.39, 0.29) is 19.5 Å². The molecule has 0 aliphatic heterocycles. The Labute approximate surface area is 63.8 Å². The summed E-state index contributed by atoms with van der Waals surface area (Å²) in [7, 11) is 1.92. The molecule has 0 aromatic rings. The molecule has 0 aliphatic rings. The molecule has 0 saturated heterocycles. The molecule has 0 atom stereocenters. The van der Waals surface area contributed by atoms with E-state index in [0.29, 0.717) is 0 Å². The van der Waals surface area contributed by atoms with E-state index in [1.54, 1.807) is 0 Å². The Balaban J connectivity index is 0. The summed E-state index contributed by atoms with van der Waals surface area (Å²) in [4.78, 5) is 0. The van der Waals surface area contributed by atoms with Crippen LogP contribution in [0, 0.1) is 0 Å². The van der Waals surface area contributed by atoms with Crippen molar-refractivity contribution in [1.82, 2.24) is 0 Å². The second-order valence-electron chi connectivity index (χ2n) is 0.0449. The monoisotopic (exact) mass is 539 g/mol. The molecular formula is CuIrRuTa. The number of rotatable bonds is 0. The summed E-state index contributed by atoms with van der Waals surface area (Å²) >= 11 is 3.51. The SMILES string of the molecule is [Ru].[Ta][Cu][Ir]. The molecule has 0 N–H and O–H groups in total. The fourth-order valence-corrected chi connectivity index (χ4v) is 0. The van der Waals surface area contributed by atoms with Crippen molar-refractivity contribution < 1.29 is 64.9 Å². The minimum absolute atomic E-state index is 0. The maximum absolute atomic E-state index is 2.08. The van der Waals surface area contributed by atoms with Crippen LogP contribution in [-0.2, 0) is 64.9 Å². The summed E-state index contributed by atoms with van der Waals surface area (Å²) < 4.78 is 0. The summed E-state index contributed by atoms with van der Waals surface area (Å²) in [5.74, 6) is 0. The summed E-state index contributed by atoms with van der Waals surface area (Å²) in [6, 6.07) is 0. The van der Waals surface area contributed by atoms with Gasteiger partial charge < -0.3 is 0 Å². The average molecular weight is 538 g/mol. The van der Waals surface area contributed by atoms with Gasteiger partial charge in [-0.25, -0.2) is 0 Å². The van der Waals surface area contributed by atoms with Gasteiger partial charge in [0.05, 0.1) is 0 Å². The van der Waals surface area contributed by atoms with Crippen LogP contribution in [0.4, 0.5) is 0 Å². The Kier molecular flexibility index (Phi) is 22.2. The molecule has 33 valence electrons. The molecule has 0 radical (unpaired) electrons. The second kappa shape index (κ2) is 9.11. The van der Waals surface area contributed by atoms with Crippen molar-refractivity contribution in [2.75, 3.05) is 0 Å². The fourth-order valence-electron chi connectivity index (χ4n) is 0. The molecule has 0 aromatic carbocycles. The van der Waals surface area contributed by atoms with E-state index in [1.807, 2.05) is 9.60 Å². The Morgan fingerprint density at radius 2 is 1.75 bits per heavy atom.